The van der Waals surface area contributed by atoms with Crippen LogP contribution in [0.25, 0.3) is 11.0 Å². The molecule has 1 N–H and O–H groups in total. The molecule has 42 heavy (non-hydrogen) atoms. The van der Waals surface area contributed by atoms with Crippen molar-refractivity contribution in [1.29, 1.82) is 0 Å². The summed E-state index contributed by atoms with van der Waals surface area (Å²) in [6, 6.07) is 16.2. The molecule has 2 saturated heterocycles. The molecule has 1 aromatic heterocycles. The predicted molar refractivity (Wildman–Crippen MR) is 151 cm³/mol. The Kier molecular flexibility index (Phi) is 6.25. The number of carbonyl (C=O) groups excluding carboxylic acids is 3. The molecule has 7 rings (SSSR count). The first-order valence-electron chi connectivity index (χ1n) is 14.2. The summed E-state index contributed by atoms with van der Waals surface area (Å²) < 4.78 is 8.47. The fraction of sp³-hybridized carbons (Fsp3) is 0.387. The van der Waals surface area contributed by atoms with Gasteiger partial charge in [-0.2, -0.15) is 0 Å². The van der Waals surface area contributed by atoms with Crippen molar-refractivity contribution < 1.29 is 24.2 Å². The second-order valence-electron chi connectivity index (χ2n) is 11.5. The van der Waals surface area contributed by atoms with E-state index in [-0.39, 0.29) is 44.1 Å². The fourth-order valence-electron chi connectivity index (χ4n) is 7.22. The zero-order valence-corrected chi connectivity index (χ0v) is 23.2. The lowest BCUT2D eigenvalue weighted by molar-refractivity contribution is -0.154. The molecule has 0 aliphatic carbocycles. The smallest absolute Gasteiger partial charge is 0.250 e. The van der Waals surface area contributed by atoms with Crippen LogP contribution in [0.4, 0.5) is 0 Å². The van der Waals surface area contributed by atoms with E-state index in [2.05, 4.69) is 10.3 Å². The monoisotopic (exact) mass is 568 g/mol. The van der Waals surface area contributed by atoms with Crippen LogP contribution >= 0.6 is 0 Å². The van der Waals surface area contributed by atoms with Crippen LogP contribution in [0.1, 0.15) is 12.5 Å². The van der Waals surface area contributed by atoms with Gasteiger partial charge in [-0.3, -0.25) is 14.4 Å². The highest BCUT2D eigenvalue weighted by Crippen LogP contribution is 2.57. The summed E-state index contributed by atoms with van der Waals surface area (Å²) in [5.74, 6) is -2.66. The van der Waals surface area contributed by atoms with Crippen LogP contribution in [0.3, 0.4) is 0 Å². The third kappa shape index (κ3) is 3.91. The second-order valence-corrected chi connectivity index (χ2v) is 11.5. The Morgan fingerprint density at radius 2 is 1.64 bits per heavy atom. The molecule has 4 aliphatic rings. The Labute approximate surface area is 242 Å². The van der Waals surface area contributed by atoms with Crippen molar-refractivity contribution in [2.45, 2.75) is 37.4 Å². The second kappa shape index (κ2) is 9.88. The minimum absolute atomic E-state index is 0.0496. The van der Waals surface area contributed by atoms with Crippen LogP contribution < -0.4 is 0 Å². The van der Waals surface area contributed by atoms with Crippen molar-refractivity contribution >= 4 is 28.8 Å². The first-order chi connectivity index (χ1) is 20.4. The summed E-state index contributed by atoms with van der Waals surface area (Å²) in [5, 5.41) is 18.4. The van der Waals surface area contributed by atoms with E-state index in [9.17, 15) is 19.5 Å². The normalized spacial score (nSPS) is 30.5. The van der Waals surface area contributed by atoms with E-state index < -0.39 is 29.1 Å². The summed E-state index contributed by atoms with van der Waals surface area (Å²) in [6.07, 6.45) is 7.42. The Morgan fingerprint density at radius 1 is 0.905 bits per heavy atom. The highest BCUT2D eigenvalue weighted by Gasteiger charge is 2.74. The summed E-state index contributed by atoms with van der Waals surface area (Å²) in [7, 11) is 0. The maximum absolute atomic E-state index is 14.4. The number of hydrogen-bond acceptors (Lipinski definition) is 7. The zero-order valence-electron chi connectivity index (χ0n) is 23.2. The standard InChI is InChI=1S/C31H32N6O5/c1-30-13-7-15-34(19-21-9-3-2-4-10-21)27(39)24(30)25-28(40)36(17-18-38)26-29(41)35(16-8-14-31(25,26)42-30)20-37-23-12-6-5-11-22(23)32-33-37/h2-14,24-26,38H,15-20H2,1H3/t24-,25+,26?,30+,31+/m1/s1. The van der Waals surface area contributed by atoms with Crippen molar-refractivity contribution in [2.75, 3.05) is 26.2 Å². The van der Waals surface area contributed by atoms with Crippen LogP contribution in [0.5, 0.6) is 0 Å². The van der Waals surface area contributed by atoms with Crippen molar-refractivity contribution in [3.8, 4) is 0 Å². The topological polar surface area (TPSA) is 121 Å². The van der Waals surface area contributed by atoms with Crippen LogP contribution in [0.2, 0.25) is 0 Å². The molecular weight excluding hydrogens is 536 g/mol. The van der Waals surface area contributed by atoms with Gasteiger partial charge in [0.25, 0.3) is 5.91 Å². The van der Waals surface area contributed by atoms with Crippen LogP contribution in [0, 0.1) is 11.8 Å². The molecular formula is C31H32N6O5. The van der Waals surface area contributed by atoms with Gasteiger partial charge >= 0.3 is 0 Å². The van der Waals surface area contributed by atoms with E-state index >= 15 is 0 Å². The fourth-order valence-corrected chi connectivity index (χ4v) is 7.22. The minimum atomic E-state index is -1.38. The molecule has 1 spiro atoms. The Morgan fingerprint density at radius 3 is 2.45 bits per heavy atom. The number of β-amino-alcohol motifs (C(OH)–C–C–N with tert-alkyl or cyclic N) is 1. The number of fused-ring (bicyclic) bond motifs is 3. The largest absolute Gasteiger partial charge is 0.395 e. The summed E-state index contributed by atoms with van der Waals surface area (Å²) >= 11 is 0. The average Bonchev–Trinajstić information content (AvgIpc) is 3.51. The maximum Gasteiger partial charge on any atom is 0.250 e. The Bertz CT molecular complexity index is 1620. The average molecular weight is 569 g/mol. The number of para-hydroxylation sites is 1. The first-order valence-corrected chi connectivity index (χ1v) is 14.2. The highest BCUT2D eigenvalue weighted by molar-refractivity contribution is 6.00. The van der Waals surface area contributed by atoms with Crippen molar-refractivity contribution in [1.82, 2.24) is 29.7 Å². The molecule has 2 aromatic carbocycles. The van der Waals surface area contributed by atoms with Crippen LogP contribution in [0.15, 0.2) is 78.9 Å². The van der Waals surface area contributed by atoms with Gasteiger partial charge in [-0.15, -0.1) is 5.10 Å². The van der Waals surface area contributed by atoms with E-state index in [1.165, 1.54) is 4.90 Å². The molecule has 0 radical (unpaired) electrons. The molecule has 0 bridgehead atoms. The van der Waals surface area contributed by atoms with E-state index in [4.69, 9.17) is 4.74 Å². The van der Waals surface area contributed by atoms with Crippen molar-refractivity contribution in [3.05, 3.63) is 84.5 Å². The number of nitrogens with zero attached hydrogens (tertiary/aromatic N) is 6. The number of hydrogen-bond donors (Lipinski definition) is 1. The van der Waals surface area contributed by atoms with Gasteiger partial charge in [0.1, 0.15) is 23.8 Å². The van der Waals surface area contributed by atoms with E-state index in [1.54, 1.807) is 20.6 Å². The van der Waals surface area contributed by atoms with E-state index in [0.29, 0.717) is 18.6 Å². The van der Waals surface area contributed by atoms with Gasteiger partial charge < -0.3 is 24.5 Å². The maximum atomic E-state index is 14.4. The number of benzene rings is 2. The lowest BCUT2D eigenvalue weighted by Gasteiger charge is -2.37. The number of ether oxygens (including phenoxy) is 1. The molecule has 11 nitrogen and oxygen atoms in total. The number of rotatable bonds is 6. The molecule has 5 atom stereocenters. The van der Waals surface area contributed by atoms with Gasteiger partial charge in [0, 0.05) is 26.2 Å². The van der Waals surface area contributed by atoms with Gasteiger partial charge in [-0.1, -0.05) is 72.0 Å². The third-order valence-electron chi connectivity index (χ3n) is 9.01. The number of aliphatic hydroxyl groups is 1. The van der Waals surface area contributed by atoms with Crippen molar-refractivity contribution in [2.24, 2.45) is 11.8 Å². The molecule has 2 fully saturated rings. The lowest BCUT2D eigenvalue weighted by atomic mass is 9.74. The van der Waals surface area contributed by atoms with Gasteiger partial charge in [-0.05, 0) is 24.6 Å². The molecule has 4 aliphatic heterocycles. The highest BCUT2D eigenvalue weighted by atomic mass is 16.5. The minimum Gasteiger partial charge on any atom is -0.395 e. The first kappa shape index (κ1) is 26.5. The molecule has 1 unspecified atom stereocenters. The zero-order chi connectivity index (χ0) is 29.1. The number of carbonyl (C=O) groups is 3. The van der Waals surface area contributed by atoms with E-state index in [0.717, 1.165) is 11.1 Å². The number of likely N-dealkylation sites (tertiary alicyclic amines) is 1. The molecule has 216 valence electrons. The lowest BCUT2D eigenvalue weighted by Crippen LogP contribution is -2.56. The van der Waals surface area contributed by atoms with Gasteiger partial charge in [0.15, 0.2) is 0 Å². The summed E-state index contributed by atoms with van der Waals surface area (Å²) in [4.78, 5) is 47.6. The van der Waals surface area contributed by atoms with Crippen LogP contribution in [-0.2, 0) is 32.3 Å². The van der Waals surface area contributed by atoms with Gasteiger partial charge in [-0.25, -0.2) is 4.68 Å². The summed E-state index contributed by atoms with van der Waals surface area (Å²) in [5.41, 5.74) is -0.00874. The molecule has 5 heterocycles. The van der Waals surface area contributed by atoms with Gasteiger partial charge in [0.05, 0.1) is 29.6 Å². The van der Waals surface area contributed by atoms with Gasteiger partial charge in [0.2, 0.25) is 11.8 Å². The predicted octanol–water partition coefficient (Wildman–Crippen LogP) is 1.35. The molecule has 11 heteroatoms. The number of aromatic nitrogens is 3. The van der Waals surface area contributed by atoms with E-state index in [1.807, 2.05) is 79.7 Å². The number of amides is 3. The Hall–Kier alpha value is -4.35. The van der Waals surface area contributed by atoms with Crippen LogP contribution in [-0.4, -0.2) is 96.0 Å². The summed E-state index contributed by atoms with van der Waals surface area (Å²) in [6.45, 7) is 2.60. The third-order valence-corrected chi connectivity index (χ3v) is 9.01. The SMILES string of the molecule is C[C@]12C=CCN(Cc3ccccc3)C(=O)[C@H]1[C@H]1C(=O)N(CCO)C3C(=O)N(Cn4nnc5ccccc54)CC=C[C@@]31O2. The number of aliphatic hydroxyl groups excluding tert-OH is 1. The molecule has 3 amide bonds. The van der Waals surface area contributed by atoms with Crippen molar-refractivity contribution in [3.63, 3.8) is 0 Å². The Balaban J connectivity index is 1.26. The quantitative estimate of drug-likeness (QED) is 0.446. The molecule has 0 saturated carbocycles. The molecule has 3 aromatic rings.